The lowest BCUT2D eigenvalue weighted by atomic mass is 9.81. The average Bonchev–Trinajstić information content (AvgIpc) is 3.91. The van der Waals surface area contributed by atoms with Crippen LogP contribution in [-0.4, -0.2) is 9.13 Å². The van der Waals surface area contributed by atoms with Crippen molar-refractivity contribution in [3.8, 4) is 33.6 Å². The highest BCUT2D eigenvalue weighted by Gasteiger charge is 2.37. The fourth-order valence-corrected chi connectivity index (χ4v) is 10.1. The lowest BCUT2D eigenvalue weighted by molar-refractivity contribution is 0.660. The number of hydrogen-bond donors (Lipinski definition) is 0. The van der Waals surface area contributed by atoms with Gasteiger partial charge in [-0.3, -0.25) is 0 Å². The molecule has 2 aromatic heterocycles. The number of para-hydroxylation sites is 6. The van der Waals surface area contributed by atoms with E-state index in [9.17, 15) is 0 Å². The molecule has 1 aliphatic carbocycles. The van der Waals surface area contributed by atoms with Gasteiger partial charge in [-0.05, 0) is 118 Å². The largest absolute Gasteiger partial charge is 0.310 e. The quantitative estimate of drug-likeness (QED) is 0.164. The van der Waals surface area contributed by atoms with Gasteiger partial charge < -0.3 is 14.0 Å². The molecule has 12 rings (SSSR count). The molecule has 0 unspecified atom stereocenters. The molecule has 0 saturated carbocycles. The van der Waals surface area contributed by atoms with Gasteiger partial charge >= 0.3 is 0 Å². The molecule has 0 bridgehead atoms. The summed E-state index contributed by atoms with van der Waals surface area (Å²) < 4.78 is 4.97. The summed E-state index contributed by atoms with van der Waals surface area (Å²) in [7, 11) is 0. The van der Waals surface area contributed by atoms with Crippen molar-refractivity contribution >= 4 is 60.7 Å². The number of fused-ring (bicyclic) bond motifs is 10. The van der Waals surface area contributed by atoms with Crippen LogP contribution in [0, 0.1) is 0 Å². The van der Waals surface area contributed by atoms with E-state index in [-0.39, 0.29) is 5.41 Å². The summed E-state index contributed by atoms with van der Waals surface area (Å²) in [6, 6.07) is 77.7. The minimum absolute atomic E-state index is 0.236. The Labute approximate surface area is 349 Å². The van der Waals surface area contributed by atoms with Crippen molar-refractivity contribution in [3.05, 3.63) is 223 Å². The summed E-state index contributed by atoms with van der Waals surface area (Å²) in [4.78, 5) is 2.37. The summed E-state index contributed by atoms with van der Waals surface area (Å²) in [5.41, 5.74) is 18.1. The van der Waals surface area contributed by atoms with Crippen molar-refractivity contribution in [2.75, 3.05) is 4.90 Å². The summed E-state index contributed by atoms with van der Waals surface area (Å²) in [6.07, 6.45) is 0. The summed E-state index contributed by atoms with van der Waals surface area (Å²) in [5.74, 6) is 0. The molecule has 3 nitrogen and oxygen atoms in total. The molecule has 0 saturated heterocycles. The van der Waals surface area contributed by atoms with Crippen LogP contribution < -0.4 is 4.90 Å². The van der Waals surface area contributed by atoms with Crippen molar-refractivity contribution in [3.63, 3.8) is 0 Å². The standard InChI is InChI=1S/C57H41N3/c1-57(2)50-35-38(31-33-44(50)45-34-32-43(36-51(45)57)58(39-19-7-3-8-20-39)40-21-9-4-10-22-40)48-37-49-46-27-15-17-29-52(46)59(41-23-11-5-12-24-41)55(49)56-54(48)47-28-16-18-30-53(47)60(56)42-25-13-6-14-26-42/h3-37H,1-2H3. The van der Waals surface area contributed by atoms with Gasteiger partial charge in [0.2, 0.25) is 0 Å². The van der Waals surface area contributed by atoms with Crippen LogP contribution in [0.3, 0.4) is 0 Å². The zero-order valence-electron chi connectivity index (χ0n) is 33.5. The normalized spacial score (nSPS) is 13.0. The Balaban J connectivity index is 1.12. The third-order valence-electron chi connectivity index (χ3n) is 12.9. The number of benzene rings is 9. The lowest BCUT2D eigenvalue weighted by Gasteiger charge is -2.28. The van der Waals surface area contributed by atoms with Gasteiger partial charge in [0, 0.05) is 55.4 Å². The van der Waals surface area contributed by atoms with Gasteiger partial charge in [0.25, 0.3) is 0 Å². The zero-order chi connectivity index (χ0) is 40.0. The summed E-state index contributed by atoms with van der Waals surface area (Å²) in [5, 5.41) is 4.99. The van der Waals surface area contributed by atoms with Gasteiger partial charge in [0.15, 0.2) is 0 Å². The molecule has 0 amide bonds. The van der Waals surface area contributed by atoms with Gasteiger partial charge in [-0.15, -0.1) is 0 Å². The maximum atomic E-state index is 2.49. The Morgan fingerprint density at radius 2 is 0.850 bits per heavy atom. The monoisotopic (exact) mass is 767 g/mol. The van der Waals surface area contributed by atoms with E-state index in [4.69, 9.17) is 0 Å². The number of hydrogen-bond acceptors (Lipinski definition) is 1. The van der Waals surface area contributed by atoms with Crippen LogP contribution in [0.15, 0.2) is 212 Å². The molecule has 60 heavy (non-hydrogen) atoms. The Morgan fingerprint density at radius 1 is 0.367 bits per heavy atom. The molecule has 0 N–H and O–H groups in total. The third kappa shape index (κ3) is 5.02. The van der Waals surface area contributed by atoms with Crippen LogP contribution >= 0.6 is 0 Å². The van der Waals surface area contributed by atoms with Gasteiger partial charge in [-0.1, -0.05) is 141 Å². The SMILES string of the molecule is CC1(C)c2cc(-c3cc4c5ccccc5n(-c5ccccc5)c4c4c3c3ccccc3n4-c3ccccc3)ccc2-c2ccc(N(c3ccccc3)c3ccccc3)cc21. The molecule has 11 aromatic rings. The van der Waals surface area contributed by atoms with Crippen LogP contribution in [0.5, 0.6) is 0 Å². The number of rotatable bonds is 6. The van der Waals surface area contributed by atoms with Crippen LogP contribution in [-0.2, 0) is 5.41 Å². The zero-order valence-corrected chi connectivity index (χ0v) is 33.5. The van der Waals surface area contributed by atoms with Crippen LogP contribution in [0.25, 0.3) is 77.2 Å². The van der Waals surface area contributed by atoms with Gasteiger partial charge in [-0.25, -0.2) is 0 Å². The molecular weight excluding hydrogens is 727 g/mol. The molecule has 1 aliphatic rings. The topological polar surface area (TPSA) is 13.1 Å². The molecule has 0 fully saturated rings. The van der Waals surface area contributed by atoms with E-state index in [2.05, 4.69) is 240 Å². The van der Waals surface area contributed by atoms with E-state index in [0.29, 0.717) is 0 Å². The summed E-state index contributed by atoms with van der Waals surface area (Å²) in [6.45, 7) is 4.79. The van der Waals surface area contributed by atoms with Crippen molar-refractivity contribution in [1.29, 1.82) is 0 Å². The average molecular weight is 768 g/mol. The minimum atomic E-state index is -0.236. The van der Waals surface area contributed by atoms with E-state index in [1.807, 2.05) is 0 Å². The van der Waals surface area contributed by atoms with E-state index in [1.165, 1.54) is 77.0 Å². The Bertz CT molecular complexity index is 3390. The number of nitrogens with zero attached hydrogens (tertiary/aromatic N) is 3. The van der Waals surface area contributed by atoms with Gasteiger partial charge in [0.05, 0.1) is 22.1 Å². The highest BCUT2D eigenvalue weighted by atomic mass is 15.1. The second-order valence-corrected chi connectivity index (χ2v) is 16.5. The highest BCUT2D eigenvalue weighted by molar-refractivity contribution is 6.28. The molecule has 3 heteroatoms. The minimum Gasteiger partial charge on any atom is -0.310 e. The molecule has 0 aliphatic heterocycles. The Hall–Kier alpha value is -7.62. The van der Waals surface area contributed by atoms with Crippen LogP contribution in [0.2, 0.25) is 0 Å². The smallest absolute Gasteiger partial charge is 0.0795 e. The van der Waals surface area contributed by atoms with Crippen molar-refractivity contribution in [2.24, 2.45) is 0 Å². The molecular formula is C57H41N3. The number of aromatic nitrogens is 2. The third-order valence-corrected chi connectivity index (χ3v) is 12.9. The molecule has 9 aromatic carbocycles. The maximum Gasteiger partial charge on any atom is 0.0795 e. The first-order chi connectivity index (χ1) is 29.6. The second-order valence-electron chi connectivity index (χ2n) is 16.5. The maximum absolute atomic E-state index is 2.49. The fourth-order valence-electron chi connectivity index (χ4n) is 10.1. The first-order valence-electron chi connectivity index (χ1n) is 20.9. The molecule has 0 radical (unpaired) electrons. The van der Waals surface area contributed by atoms with E-state index in [1.54, 1.807) is 0 Å². The predicted molar refractivity (Wildman–Crippen MR) is 253 cm³/mol. The van der Waals surface area contributed by atoms with Gasteiger partial charge in [0.1, 0.15) is 0 Å². The highest BCUT2D eigenvalue weighted by Crippen LogP contribution is 2.53. The second kappa shape index (κ2) is 13.2. The first kappa shape index (κ1) is 34.4. The van der Waals surface area contributed by atoms with Crippen molar-refractivity contribution < 1.29 is 0 Å². The molecule has 2 heterocycles. The van der Waals surface area contributed by atoms with E-state index < -0.39 is 0 Å². The van der Waals surface area contributed by atoms with E-state index in [0.717, 1.165) is 28.4 Å². The first-order valence-corrected chi connectivity index (χ1v) is 20.9. The van der Waals surface area contributed by atoms with Gasteiger partial charge in [-0.2, -0.15) is 0 Å². The van der Waals surface area contributed by atoms with Crippen LogP contribution in [0.4, 0.5) is 17.1 Å². The van der Waals surface area contributed by atoms with Crippen molar-refractivity contribution in [2.45, 2.75) is 19.3 Å². The molecule has 0 spiro atoms. The Kier molecular flexibility index (Phi) is 7.58. The summed E-state index contributed by atoms with van der Waals surface area (Å²) >= 11 is 0. The number of anilines is 3. The van der Waals surface area contributed by atoms with E-state index >= 15 is 0 Å². The molecule has 0 atom stereocenters. The fraction of sp³-hybridized carbons (Fsp3) is 0.0526. The lowest BCUT2D eigenvalue weighted by Crippen LogP contribution is -2.16. The van der Waals surface area contributed by atoms with Crippen LogP contribution in [0.1, 0.15) is 25.0 Å². The molecule has 284 valence electrons. The van der Waals surface area contributed by atoms with Crippen molar-refractivity contribution in [1.82, 2.24) is 9.13 Å². The predicted octanol–water partition coefficient (Wildman–Crippen LogP) is 15.3. The Morgan fingerprint density at radius 3 is 1.47 bits per heavy atom.